The normalized spacial score (nSPS) is 28.0. The maximum atomic E-state index is 6.81. The molecule has 4 nitrogen and oxygen atoms in total. The number of nitrogens with zero attached hydrogens (tertiary/aromatic N) is 2. The second kappa shape index (κ2) is 9.49. The highest BCUT2D eigenvalue weighted by Crippen LogP contribution is 2.42. The SMILES string of the molecule is CC.CC/C=C(\OC(CC1CC1)CN1CC2(CN(C)C2)C1)C1(C)CCNCC1. The smallest absolute Gasteiger partial charge is 0.111 e. The van der Waals surface area contributed by atoms with Crippen molar-refractivity contribution in [3.05, 3.63) is 11.8 Å². The summed E-state index contributed by atoms with van der Waals surface area (Å²) >= 11 is 0. The third kappa shape index (κ3) is 5.31. The predicted molar refractivity (Wildman–Crippen MR) is 119 cm³/mol. The summed E-state index contributed by atoms with van der Waals surface area (Å²) in [7, 11) is 2.24. The van der Waals surface area contributed by atoms with Gasteiger partial charge in [-0.15, -0.1) is 0 Å². The lowest BCUT2D eigenvalue weighted by Gasteiger charge is -2.60. The molecule has 4 fully saturated rings. The van der Waals surface area contributed by atoms with Gasteiger partial charge in [0.2, 0.25) is 0 Å². The van der Waals surface area contributed by atoms with Crippen LogP contribution >= 0.6 is 0 Å². The maximum Gasteiger partial charge on any atom is 0.111 e. The van der Waals surface area contributed by atoms with Crippen molar-refractivity contribution in [2.45, 2.75) is 72.3 Å². The number of rotatable bonds is 8. The van der Waals surface area contributed by atoms with Gasteiger partial charge in [0.1, 0.15) is 6.10 Å². The molecule has 0 aromatic heterocycles. The molecule has 162 valence electrons. The van der Waals surface area contributed by atoms with E-state index in [1.54, 1.807) is 0 Å². The van der Waals surface area contributed by atoms with Crippen LogP contribution in [0.15, 0.2) is 11.8 Å². The predicted octanol–water partition coefficient (Wildman–Crippen LogP) is 4.13. The van der Waals surface area contributed by atoms with Gasteiger partial charge >= 0.3 is 0 Å². The molecule has 0 radical (unpaired) electrons. The quantitative estimate of drug-likeness (QED) is 0.630. The lowest BCUT2D eigenvalue weighted by Crippen LogP contribution is -2.71. The van der Waals surface area contributed by atoms with Gasteiger partial charge < -0.3 is 15.0 Å². The zero-order valence-electron chi connectivity index (χ0n) is 19.2. The number of piperidine rings is 1. The summed E-state index contributed by atoms with van der Waals surface area (Å²) in [5.74, 6) is 2.22. The van der Waals surface area contributed by atoms with Gasteiger partial charge in [-0.2, -0.15) is 0 Å². The van der Waals surface area contributed by atoms with Crippen molar-refractivity contribution >= 4 is 0 Å². The minimum atomic E-state index is 0.232. The molecule has 3 aliphatic heterocycles. The standard InChI is InChI=1S/C22H39N3O.C2H6/c1-4-5-20(21(2)8-10-23-11-9-21)26-19(12-18-6-7-18)13-25-16-22(17-25)14-24(3)15-22;1-2/h5,18-19,23H,4,6-17H2,1-3H3;1-2H3/b20-5-;. The summed E-state index contributed by atoms with van der Waals surface area (Å²) in [6.45, 7) is 17.2. The number of nitrogens with one attached hydrogen (secondary N) is 1. The largest absolute Gasteiger partial charge is 0.493 e. The summed E-state index contributed by atoms with van der Waals surface area (Å²) in [5, 5.41) is 3.51. The fraction of sp³-hybridized carbons (Fsp3) is 0.917. The fourth-order valence-corrected chi connectivity index (χ4v) is 5.53. The number of hydrogen-bond donors (Lipinski definition) is 1. The number of allylic oxidation sites excluding steroid dienone is 2. The Labute approximate surface area is 174 Å². The van der Waals surface area contributed by atoms with E-state index in [4.69, 9.17) is 4.74 Å². The molecule has 0 aromatic rings. The number of ether oxygens (including phenoxy) is 1. The van der Waals surface area contributed by atoms with Crippen LogP contribution in [0.1, 0.15) is 66.2 Å². The molecular weight excluding hydrogens is 346 g/mol. The Hall–Kier alpha value is -0.580. The van der Waals surface area contributed by atoms with Crippen LogP contribution in [-0.2, 0) is 4.74 Å². The van der Waals surface area contributed by atoms with Crippen molar-refractivity contribution in [3.63, 3.8) is 0 Å². The van der Waals surface area contributed by atoms with Crippen molar-refractivity contribution in [3.8, 4) is 0 Å². The van der Waals surface area contributed by atoms with E-state index in [2.05, 4.69) is 42.1 Å². The van der Waals surface area contributed by atoms with E-state index in [0.29, 0.717) is 11.5 Å². The molecule has 28 heavy (non-hydrogen) atoms. The molecule has 4 heteroatoms. The van der Waals surface area contributed by atoms with Crippen LogP contribution in [-0.4, -0.2) is 68.8 Å². The lowest BCUT2D eigenvalue weighted by atomic mass is 9.73. The van der Waals surface area contributed by atoms with Crippen LogP contribution in [0.2, 0.25) is 0 Å². The van der Waals surface area contributed by atoms with Crippen molar-refractivity contribution in [1.29, 1.82) is 0 Å². The molecule has 4 aliphatic rings. The molecule has 1 unspecified atom stereocenters. The Bertz CT molecular complexity index is 508. The average Bonchev–Trinajstić information content (AvgIpc) is 3.44. The number of hydrogen-bond acceptors (Lipinski definition) is 4. The van der Waals surface area contributed by atoms with E-state index in [1.165, 1.54) is 64.0 Å². The molecule has 1 spiro atoms. The molecule has 1 N–H and O–H groups in total. The van der Waals surface area contributed by atoms with Crippen LogP contribution in [0, 0.1) is 16.7 Å². The van der Waals surface area contributed by atoms with E-state index in [0.717, 1.165) is 32.0 Å². The zero-order chi connectivity index (χ0) is 20.2. The van der Waals surface area contributed by atoms with Gasteiger partial charge in [0.05, 0.1) is 5.76 Å². The molecule has 3 heterocycles. The van der Waals surface area contributed by atoms with Gasteiger partial charge in [-0.3, -0.25) is 4.90 Å². The van der Waals surface area contributed by atoms with E-state index in [1.807, 2.05) is 13.8 Å². The molecule has 0 aromatic carbocycles. The first kappa shape index (κ1) is 22.1. The van der Waals surface area contributed by atoms with Crippen molar-refractivity contribution in [1.82, 2.24) is 15.1 Å². The van der Waals surface area contributed by atoms with Crippen molar-refractivity contribution in [2.75, 3.05) is 52.9 Å². The molecule has 4 rings (SSSR count). The molecule has 1 aliphatic carbocycles. The van der Waals surface area contributed by atoms with Crippen molar-refractivity contribution in [2.24, 2.45) is 16.7 Å². The van der Waals surface area contributed by atoms with Crippen LogP contribution in [0.3, 0.4) is 0 Å². The number of likely N-dealkylation sites (tertiary alicyclic amines) is 2. The zero-order valence-corrected chi connectivity index (χ0v) is 19.2. The first-order chi connectivity index (χ1) is 13.5. The summed E-state index contributed by atoms with van der Waals surface area (Å²) in [4.78, 5) is 5.12. The average molecular weight is 392 g/mol. The maximum absolute atomic E-state index is 6.81. The van der Waals surface area contributed by atoms with Crippen LogP contribution < -0.4 is 5.32 Å². The van der Waals surface area contributed by atoms with Crippen molar-refractivity contribution < 1.29 is 4.74 Å². The van der Waals surface area contributed by atoms with Gasteiger partial charge in [0.15, 0.2) is 0 Å². The van der Waals surface area contributed by atoms with Crippen LogP contribution in [0.5, 0.6) is 0 Å². The van der Waals surface area contributed by atoms with Gasteiger partial charge in [-0.1, -0.05) is 40.5 Å². The summed E-state index contributed by atoms with van der Waals surface area (Å²) in [5.41, 5.74) is 0.859. The Balaban J connectivity index is 0.00000109. The van der Waals surface area contributed by atoms with E-state index < -0.39 is 0 Å². The van der Waals surface area contributed by atoms with E-state index >= 15 is 0 Å². The fourth-order valence-electron chi connectivity index (χ4n) is 5.53. The summed E-state index contributed by atoms with van der Waals surface area (Å²) < 4.78 is 6.81. The Morgan fingerprint density at radius 3 is 2.32 bits per heavy atom. The van der Waals surface area contributed by atoms with Crippen LogP contribution in [0.4, 0.5) is 0 Å². The van der Waals surface area contributed by atoms with Gasteiger partial charge in [0, 0.05) is 43.6 Å². The molecule has 1 saturated carbocycles. The van der Waals surface area contributed by atoms with Gasteiger partial charge in [-0.05, 0) is 57.8 Å². The van der Waals surface area contributed by atoms with Gasteiger partial charge in [-0.25, -0.2) is 0 Å². The highest BCUT2D eigenvalue weighted by atomic mass is 16.5. The minimum absolute atomic E-state index is 0.232. The Morgan fingerprint density at radius 1 is 1.14 bits per heavy atom. The molecule has 1 atom stereocenters. The topological polar surface area (TPSA) is 27.7 Å². The monoisotopic (exact) mass is 391 g/mol. The summed E-state index contributed by atoms with van der Waals surface area (Å²) in [6.07, 6.45) is 10.4. The molecule has 3 saturated heterocycles. The molecule has 0 amide bonds. The lowest BCUT2D eigenvalue weighted by molar-refractivity contribution is -0.118. The van der Waals surface area contributed by atoms with Gasteiger partial charge in [0.25, 0.3) is 0 Å². The second-order valence-electron chi connectivity index (χ2n) is 10.0. The first-order valence-corrected chi connectivity index (χ1v) is 12.0. The Morgan fingerprint density at radius 2 is 1.79 bits per heavy atom. The third-order valence-electron chi connectivity index (χ3n) is 7.07. The summed E-state index contributed by atoms with van der Waals surface area (Å²) in [6, 6.07) is 0. The second-order valence-corrected chi connectivity index (χ2v) is 10.0. The van der Waals surface area contributed by atoms with Crippen LogP contribution in [0.25, 0.3) is 0 Å². The van der Waals surface area contributed by atoms with E-state index in [9.17, 15) is 0 Å². The Kier molecular flexibility index (Phi) is 7.49. The highest BCUT2D eigenvalue weighted by molar-refractivity contribution is 5.10. The third-order valence-corrected chi connectivity index (χ3v) is 7.07. The molecule has 0 bridgehead atoms. The molecular formula is C24H45N3O. The minimum Gasteiger partial charge on any atom is -0.493 e. The highest BCUT2D eigenvalue weighted by Gasteiger charge is 2.50. The van der Waals surface area contributed by atoms with E-state index in [-0.39, 0.29) is 5.41 Å². The first-order valence-electron chi connectivity index (χ1n) is 12.0.